The molecule has 2 aromatic rings. The molecule has 354 valence electrons. The monoisotopic (exact) mass is 1020 g/mol. The van der Waals surface area contributed by atoms with E-state index in [4.69, 9.17) is 101 Å². The SMILES string of the molecule is C.C.C.CC1=CCCCC1.CC1CCCCC1.C[C+]1CCCCC1.N#CC1=C(C#N)C(=O)C(Cl)=C(Cl)C1=O.N#Cc1c(O)c(Cl)c(Cl)c(O)c1C#N.N#Cc1c([O-])c(Cl)c(Cl)c(O)c1C#N. The smallest absolute Gasteiger partial charge is 0.218 e. The molecule has 3 N–H and O–H groups in total. The minimum Gasteiger partial charge on any atom is -0.871 e. The van der Waals surface area contributed by atoms with Crippen molar-refractivity contribution in [3.8, 4) is 59.4 Å². The Kier molecular flexibility index (Phi) is 32.8. The lowest BCUT2D eigenvalue weighted by atomic mass is 9.91. The van der Waals surface area contributed by atoms with Crippen LogP contribution in [0, 0.1) is 79.8 Å². The Morgan fingerprint density at radius 3 is 1.20 bits per heavy atom. The third-order valence-electron chi connectivity index (χ3n) is 9.73. The van der Waals surface area contributed by atoms with Gasteiger partial charge in [-0.3, -0.25) is 9.59 Å². The standard InChI is InChI=1S/2C8H2Cl2N2O2.C8Cl2N2O2.C7H14.C7H13.C7H12.3CH4/c3*9-5-6(10)8(14)4(2-12)3(1-11)7(5)13;3*1-7-5-3-2-4-6-7;;;/h2*13-14H;;7H,2-6H2,1H3;2-6H2,1H3;5H,2-4,6H2,1H3;3*1H4/q;;;;+1;;;;/p-1. The van der Waals surface area contributed by atoms with Crippen LogP contribution >= 0.6 is 69.6 Å². The van der Waals surface area contributed by atoms with Gasteiger partial charge in [0, 0.05) is 0 Å². The van der Waals surface area contributed by atoms with Crippen molar-refractivity contribution in [1.29, 1.82) is 31.6 Å². The van der Waals surface area contributed by atoms with Gasteiger partial charge in [-0.05, 0) is 57.8 Å². The van der Waals surface area contributed by atoms with E-state index in [1.165, 1.54) is 114 Å². The van der Waals surface area contributed by atoms with Crippen LogP contribution in [0.1, 0.15) is 155 Å². The van der Waals surface area contributed by atoms with Crippen molar-refractivity contribution in [3.63, 3.8) is 0 Å². The van der Waals surface area contributed by atoms with E-state index < -0.39 is 76.9 Å². The van der Waals surface area contributed by atoms with Gasteiger partial charge in [-0.25, -0.2) is 0 Å². The summed E-state index contributed by atoms with van der Waals surface area (Å²) in [5.41, 5.74) is -1.27. The minimum absolute atomic E-state index is 0. The molecule has 0 aromatic heterocycles. The van der Waals surface area contributed by atoms with Gasteiger partial charge >= 0.3 is 0 Å². The van der Waals surface area contributed by atoms with Gasteiger partial charge in [0.1, 0.15) is 89.4 Å². The van der Waals surface area contributed by atoms with Crippen molar-refractivity contribution in [2.75, 3.05) is 0 Å². The number of halogens is 6. The largest absolute Gasteiger partial charge is 0.871 e. The number of ketones is 2. The van der Waals surface area contributed by atoms with Gasteiger partial charge in [0.2, 0.25) is 11.6 Å². The highest BCUT2D eigenvalue weighted by Gasteiger charge is 2.33. The number of Topliss-reactive ketones (excluding diaryl/α,β-unsaturated/α-hetero) is 2. The molecular formula is C48H54Cl6N6O6. The number of nitrogens with zero attached hydrogens (tertiary/aromatic N) is 6. The molecule has 2 aromatic carbocycles. The highest BCUT2D eigenvalue weighted by molar-refractivity contribution is 6.59. The van der Waals surface area contributed by atoms with Crippen LogP contribution in [0.2, 0.25) is 20.1 Å². The van der Waals surface area contributed by atoms with Crippen LogP contribution in [-0.2, 0) is 9.59 Å². The summed E-state index contributed by atoms with van der Waals surface area (Å²) in [7, 11) is 0. The number of phenolic OH excluding ortho intramolecular Hbond substituents is 3. The van der Waals surface area contributed by atoms with Crippen LogP contribution in [0.5, 0.6) is 23.0 Å². The normalized spacial score (nSPS) is 14.8. The molecular weight excluding hydrogens is 969 g/mol. The molecule has 0 heterocycles. The second-order valence-electron chi connectivity index (χ2n) is 14.4. The molecule has 2 saturated carbocycles. The number of phenols is 3. The first-order chi connectivity index (χ1) is 29.8. The topological polar surface area (TPSA) is 261 Å². The fourth-order valence-corrected chi connectivity index (χ4v) is 7.17. The lowest BCUT2D eigenvalue weighted by molar-refractivity contribution is -0.268. The second kappa shape index (κ2) is 33.3. The van der Waals surface area contributed by atoms with Crippen LogP contribution in [0.25, 0.3) is 0 Å². The molecule has 6 rings (SSSR count). The maximum absolute atomic E-state index is 11.3. The average molecular weight is 1020 g/mol. The predicted molar refractivity (Wildman–Crippen MR) is 260 cm³/mol. The number of aromatic hydroxyl groups is 3. The summed E-state index contributed by atoms with van der Waals surface area (Å²) in [4.78, 5) is 22.4. The van der Waals surface area contributed by atoms with Gasteiger partial charge in [-0.1, -0.05) is 148 Å². The molecule has 0 saturated heterocycles. The lowest BCUT2D eigenvalue weighted by Crippen LogP contribution is -2.18. The average Bonchev–Trinajstić information content (AvgIpc) is 3.29. The first-order valence-electron chi connectivity index (χ1n) is 19.4. The Balaban J connectivity index is -0.000000733. The van der Waals surface area contributed by atoms with E-state index in [9.17, 15) is 30.0 Å². The molecule has 0 spiro atoms. The van der Waals surface area contributed by atoms with Crippen molar-refractivity contribution < 1.29 is 30.0 Å². The number of nitriles is 6. The molecule has 0 amide bonds. The first kappa shape index (κ1) is 65.0. The van der Waals surface area contributed by atoms with E-state index in [1.807, 2.05) is 0 Å². The summed E-state index contributed by atoms with van der Waals surface area (Å²) in [6.07, 6.45) is 22.5. The third-order valence-corrected chi connectivity index (χ3v) is 12.2. The van der Waals surface area contributed by atoms with Crippen molar-refractivity contribution in [2.24, 2.45) is 5.92 Å². The summed E-state index contributed by atoms with van der Waals surface area (Å²) in [5, 5.41) is 87.9. The molecule has 2 fully saturated rings. The van der Waals surface area contributed by atoms with Gasteiger partial charge in [0.25, 0.3) is 0 Å². The molecule has 0 unspecified atom stereocenters. The summed E-state index contributed by atoms with van der Waals surface area (Å²) in [5.74, 6) is -1.74. The Hall–Kier alpha value is -5.25. The van der Waals surface area contributed by atoms with Crippen molar-refractivity contribution in [3.05, 3.63) is 81.1 Å². The number of hydrogen-bond acceptors (Lipinski definition) is 12. The number of carbonyl (C=O) groups is 2. The highest BCUT2D eigenvalue weighted by atomic mass is 35.5. The quantitative estimate of drug-likeness (QED) is 0.0963. The summed E-state index contributed by atoms with van der Waals surface area (Å²) < 4.78 is 0. The van der Waals surface area contributed by atoms with E-state index in [0.717, 1.165) is 5.92 Å². The predicted octanol–water partition coefficient (Wildman–Crippen LogP) is 14.4. The molecule has 0 atom stereocenters. The molecule has 12 nitrogen and oxygen atoms in total. The zero-order valence-electron chi connectivity index (χ0n) is 34.6. The van der Waals surface area contributed by atoms with Crippen molar-refractivity contribution in [2.45, 2.75) is 133 Å². The Labute approximate surface area is 419 Å². The van der Waals surface area contributed by atoms with Crippen LogP contribution in [0.15, 0.2) is 32.9 Å². The maximum atomic E-state index is 11.3. The summed E-state index contributed by atoms with van der Waals surface area (Å²) >= 11 is 32.7. The number of allylic oxidation sites excluding steroid dienone is 6. The van der Waals surface area contributed by atoms with Crippen LogP contribution in [0.4, 0.5) is 0 Å². The summed E-state index contributed by atoms with van der Waals surface area (Å²) in [6.45, 7) is 6.86. The number of carbonyl (C=O) groups excluding carboxylic acids is 2. The van der Waals surface area contributed by atoms with Crippen LogP contribution < -0.4 is 5.11 Å². The molecule has 4 aliphatic rings. The zero-order valence-corrected chi connectivity index (χ0v) is 39.1. The number of hydrogen-bond donors (Lipinski definition) is 3. The van der Waals surface area contributed by atoms with Gasteiger partial charge in [0.05, 0.1) is 36.3 Å². The van der Waals surface area contributed by atoms with Gasteiger partial charge in [0.15, 0.2) is 17.2 Å². The lowest BCUT2D eigenvalue weighted by Gasteiger charge is -2.15. The van der Waals surface area contributed by atoms with Gasteiger partial charge in [-0.2, -0.15) is 31.6 Å². The van der Waals surface area contributed by atoms with Crippen LogP contribution in [-0.4, -0.2) is 26.9 Å². The zero-order chi connectivity index (χ0) is 48.0. The molecule has 66 heavy (non-hydrogen) atoms. The maximum Gasteiger partial charge on any atom is 0.218 e. The Morgan fingerprint density at radius 2 is 0.939 bits per heavy atom. The molecule has 4 aliphatic carbocycles. The Bertz CT molecular complexity index is 2140. The summed E-state index contributed by atoms with van der Waals surface area (Å²) in [6, 6.07) is 8.98. The number of benzene rings is 2. The van der Waals surface area contributed by atoms with E-state index >= 15 is 0 Å². The van der Waals surface area contributed by atoms with Crippen molar-refractivity contribution in [1.82, 2.24) is 0 Å². The molecule has 18 heteroatoms. The van der Waals surface area contributed by atoms with Gasteiger partial charge < -0.3 is 20.4 Å². The highest BCUT2D eigenvalue weighted by Crippen LogP contribution is 2.44. The van der Waals surface area contributed by atoms with Crippen LogP contribution in [0.3, 0.4) is 0 Å². The molecule has 0 bridgehead atoms. The first-order valence-corrected chi connectivity index (χ1v) is 21.7. The van der Waals surface area contributed by atoms with E-state index in [-0.39, 0.29) is 43.5 Å². The van der Waals surface area contributed by atoms with Crippen molar-refractivity contribution >= 4 is 81.2 Å². The molecule has 0 radical (unpaired) electrons. The van der Waals surface area contributed by atoms with E-state index in [2.05, 4.69) is 26.8 Å². The second-order valence-corrected chi connectivity index (χ2v) is 16.7. The van der Waals surface area contributed by atoms with Gasteiger partial charge in [-0.15, -0.1) is 0 Å². The molecule has 0 aliphatic heterocycles. The fraction of sp³-hybridized carbons (Fsp3) is 0.438. The minimum atomic E-state index is -0.893. The third kappa shape index (κ3) is 18.6. The van der Waals surface area contributed by atoms with E-state index in [0.29, 0.717) is 0 Å². The Morgan fingerprint density at radius 1 is 0.576 bits per heavy atom. The number of rotatable bonds is 0. The fourth-order valence-electron chi connectivity index (χ4n) is 6.07. The van der Waals surface area contributed by atoms with E-state index in [1.54, 1.807) is 23.6 Å².